The highest BCUT2D eigenvalue weighted by Crippen LogP contribution is 2.49. The number of hydrogen-bond donors (Lipinski definition) is 3. The number of halogens is 2. The van der Waals surface area contributed by atoms with Crippen LogP contribution >= 0.6 is 0 Å². The molecule has 0 amide bonds. The lowest BCUT2D eigenvalue weighted by Gasteiger charge is -2.46. The Hall–Kier alpha value is -4.79. The highest BCUT2D eigenvalue weighted by molar-refractivity contribution is 5.94. The van der Waals surface area contributed by atoms with Crippen LogP contribution in [0.2, 0.25) is 0 Å². The molecule has 9 heteroatoms. The van der Waals surface area contributed by atoms with E-state index in [2.05, 4.69) is 10.3 Å². The second kappa shape index (κ2) is 11.1. The Morgan fingerprint density at radius 3 is 2.40 bits per heavy atom. The number of ether oxygens (including phenoxy) is 1. The van der Waals surface area contributed by atoms with E-state index >= 15 is 0 Å². The summed E-state index contributed by atoms with van der Waals surface area (Å²) in [6, 6.07) is 20.9. The summed E-state index contributed by atoms with van der Waals surface area (Å²) in [6.45, 7) is 0.467. The Labute approximate surface area is 247 Å². The van der Waals surface area contributed by atoms with E-state index in [0.29, 0.717) is 46.5 Å². The number of benzene rings is 3. The average Bonchev–Trinajstić information content (AvgIpc) is 3.45. The van der Waals surface area contributed by atoms with Crippen molar-refractivity contribution < 1.29 is 23.4 Å². The molecule has 3 aliphatic rings. The van der Waals surface area contributed by atoms with Gasteiger partial charge in [-0.15, -0.1) is 0 Å². The minimum atomic E-state index is -0.731. The topological polar surface area (TPSA) is 100 Å². The Bertz CT molecular complexity index is 1780. The van der Waals surface area contributed by atoms with Gasteiger partial charge in [0.05, 0.1) is 17.1 Å². The van der Waals surface area contributed by atoms with Crippen molar-refractivity contribution in [2.75, 3.05) is 11.9 Å². The SMILES string of the molecule is O=C(O)[C@@H]1C2CCC(CC2)C1CNc1cc(-c2ccc(Oc3ccccc3)cc2)nc(-c2c[nH]c3c(F)cc(F)cc23)n1. The molecule has 3 aromatic carbocycles. The number of aromatic nitrogens is 3. The fraction of sp³-hybridized carbons (Fsp3) is 0.265. The van der Waals surface area contributed by atoms with Gasteiger partial charge in [-0.1, -0.05) is 18.2 Å². The Kier molecular flexibility index (Phi) is 7.01. The predicted molar refractivity (Wildman–Crippen MR) is 160 cm³/mol. The standard InChI is InChI=1S/C34H30F2N4O3/c35-22-14-25-27(18-38-32(25)28(36)15-22)33-39-29(20-10-12-24(13-11-20)43-23-4-2-1-3-5-23)16-30(40-33)37-17-26-19-6-8-21(9-7-19)31(26)34(41)42/h1-5,10-16,18-19,21,26,31,38H,6-9,17H2,(H,41,42)(H,37,39,40)/t19?,21?,26?,31-/m1/s1. The fourth-order valence-corrected chi connectivity index (χ4v) is 6.94. The summed E-state index contributed by atoms with van der Waals surface area (Å²) in [5.41, 5.74) is 2.03. The maximum Gasteiger partial charge on any atom is 0.307 e. The van der Waals surface area contributed by atoms with Gasteiger partial charge in [-0.05, 0) is 85.9 Å². The first-order valence-corrected chi connectivity index (χ1v) is 14.6. The van der Waals surface area contributed by atoms with Crippen LogP contribution in [-0.2, 0) is 4.79 Å². The summed E-state index contributed by atoms with van der Waals surface area (Å²) in [7, 11) is 0. The van der Waals surface area contributed by atoms with E-state index in [1.807, 2.05) is 60.7 Å². The molecule has 3 N–H and O–H groups in total. The van der Waals surface area contributed by atoms with Gasteiger partial charge < -0.3 is 20.1 Å². The number of rotatable bonds is 8. The molecule has 1 unspecified atom stereocenters. The van der Waals surface area contributed by atoms with E-state index in [9.17, 15) is 18.7 Å². The summed E-state index contributed by atoms with van der Waals surface area (Å²) in [5, 5.41) is 13.8. The summed E-state index contributed by atoms with van der Waals surface area (Å²) < 4.78 is 34.7. The third kappa shape index (κ3) is 5.31. The molecule has 3 saturated carbocycles. The Balaban J connectivity index is 1.24. The lowest BCUT2D eigenvalue weighted by Crippen LogP contribution is -2.46. The highest BCUT2D eigenvalue weighted by Gasteiger charge is 2.46. The molecule has 0 aliphatic heterocycles. The smallest absolute Gasteiger partial charge is 0.307 e. The van der Waals surface area contributed by atoms with E-state index in [0.717, 1.165) is 43.1 Å². The first-order chi connectivity index (χ1) is 20.9. The number of aliphatic carboxylic acids is 1. The monoisotopic (exact) mass is 580 g/mol. The van der Waals surface area contributed by atoms with Crippen molar-refractivity contribution in [3.05, 3.63) is 90.6 Å². The zero-order valence-electron chi connectivity index (χ0n) is 23.3. The number of nitrogens with zero attached hydrogens (tertiary/aromatic N) is 2. The van der Waals surface area contributed by atoms with Gasteiger partial charge in [-0.3, -0.25) is 4.79 Å². The molecule has 8 rings (SSSR count). The first kappa shape index (κ1) is 27.1. The van der Waals surface area contributed by atoms with Gasteiger partial charge in [0.2, 0.25) is 0 Å². The number of anilines is 1. The molecule has 43 heavy (non-hydrogen) atoms. The normalized spacial score (nSPS) is 21.2. The lowest BCUT2D eigenvalue weighted by atomic mass is 9.58. The molecule has 7 nitrogen and oxygen atoms in total. The van der Waals surface area contributed by atoms with Crippen molar-refractivity contribution in [1.82, 2.24) is 15.0 Å². The van der Waals surface area contributed by atoms with Gasteiger partial charge in [-0.2, -0.15) is 0 Å². The third-order valence-corrected chi connectivity index (χ3v) is 9.00. The molecule has 2 heterocycles. The number of nitrogens with one attached hydrogen (secondary N) is 2. The molecule has 2 aromatic heterocycles. The lowest BCUT2D eigenvalue weighted by molar-refractivity contribution is -0.151. The Morgan fingerprint density at radius 1 is 0.930 bits per heavy atom. The largest absolute Gasteiger partial charge is 0.481 e. The summed E-state index contributed by atoms with van der Waals surface area (Å²) in [4.78, 5) is 24.6. The first-order valence-electron chi connectivity index (χ1n) is 14.6. The molecule has 3 fully saturated rings. The third-order valence-electron chi connectivity index (χ3n) is 9.00. The van der Waals surface area contributed by atoms with Gasteiger partial charge in [0.1, 0.15) is 29.0 Å². The molecule has 5 aromatic rings. The molecule has 0 spiro atoms. The predicted octanol–water partition coefficient (Wildman–Crippen LogP) is 7.91. The van der Waals surface area contributed by atoms with Crippen LogP contribution < -0.4 is 10.1 Å². The van der Waals surface area contributed by atoms with Crippen LogP contribution in [0.3, 0.4) is 0 Å². The minimum absolute atomic E-state index is 0.00226. The van der Waals surface area contributed by atoms with E-state index in [1.165, 1.54) is 6.07 Å². The number of carboxylic acids is 1. The number of H-pyrrole nitrogens is 1. The number of carboxylic acid groups (broad SMARTS) is 1. The van der Waals surface area contributed by atoms with Crippen LogP contribution in [0.15, 0.2) is 79.0 Å². The highest BCUT2D eigenvalue weighted by atomic mass is 19.1. The summed E-state index contributed by atoms with van der Waals surface area (Å²) >= 11 is 0. The number of hydrogen-bond acceptors (Lipinski definition) is 5. The maximum absolute atomic E-state index is 14.5. The number of para-hydroxylation sites is 1. The molecule has 3 aliphatic carbocycles. The molecular formula is C34H30F2N4O3. The number of aromatic amines is 1. The molecule has 218 valence electrons. The van der Waals surface area contributed by atoms with Gasteiger partial charge in [0.15, 0.2) is 5.82 Å². The number of fused-ring (bicyclic) bond motifs is 4. The van der Waals surface area contributed by atoms with Crippen molar-refractivity contribution in [2.24, 2.45) is 23.7 Å². The molecule has 0 radical (unpaired) electrons. The van der Waals surface area contributed by atoms with Gasteiger partial charge in [0, 0.05) is 41.4 Å². The summed E-state index contributed by atoms with van der Waals surface area (Å²) in [6.07, 6.45) is 5.61. The summed E-state index contributed by atoms with van der Waals surface area (Å²) in [5.74, 6) is 0.259. The van der Waals surface area contributed by atoms with Crippen molar-refractivity contribution in [1.29, 1.82) is 0 Å². The van der Waals surface area contributed by atoms with Crippen LogP contribution in [-0.4, -0.2) is 32.6 Å². The van der Waals surface area contributed by atoms with E-state index < -0.39 is 17.6 Å². The quantitative estimate of drug-likeness (QED) is 0.172. The minimum Gasteiger partial charge on any atom is -0.481 e. The molecule has 0 saturated heterocycles. The van der Waals surface area contributed by atoms with Crippen molar-refractivity contribution in [2.45, 2.75) is 25.7 Å². The van der Waals surface area contributed by atoms with E-state index in [-0.39, 0.29) is 23.3 Å². The van der Waals surface area contributed by atoms with Crippen LogP contribution in [0.4, 0.5) is 14.6 Å². The second-order valence-electron chi connectivity index (χ2n) is 11.5. The van der Waals surface area contributed by atoms with Crippen molar-refractivity contribution >= 4 is 22.7 Å². The second-order valence-corrected chi connectivity index (χ2v) is 11.5. The number of carbonyl (C=O) groups is 1. The van der Waals surface area contributed by atoms with Crippen LogP contribution in [0, 0.1) is 35.3 Å². The molecule has 2 atom stereocenters. The van der Waals surface area contributed by atoms with E-state index in [1.54, 1.807) is 6.20 Å². The fourth-order valence-electron chi connectivity index (χ4n) is 6.94. The molecular weight excluding hydrogens is 550 g/mol. The molecule has 2 bridgehead atoms. The van der Waals surface area contributed by atoms with Gasteiger partial charge in [-0.25, -0.2) is 18.7 Å². The van der Waals surface area contributed by atoms with Crippen LogP contribution in [0.25, 0.3) is 33.5 Å². The van der Waals surface area contributed by atoms with Crippen LogP contribution in [0.5, 0.6) is 11.5 Å². The van der Waals surface area contributed by atoms with Crippen molar-refractivity contribution in [3.63, 3.8) is 0 Å². The zero-order chi connectivity index (χ0) is 29.5. The maximum atomic E-state index is 14.5. The van der Waals surface area contributed by atoms with E-state index in [4.69, 9.17) is 14.7 Å². The van der Waals surface area contributed by atoms with Gasteiger partial charge >= 0.3 is 5.97 Å². The average molecular weight is 581 g/mol. The van der Waals surface area contributed by atoms with Crippen molar-refractivity contribution in [3.8, 4) is 34.1 Å². The van der Waals surface area contributed by atoms with Crippen LogP contribution in [0.1, 0.15) is 25.7 Å². The van der Waals surface area contributed by atoms with Gasteiger partial charge in [0.25, 0.3) is 0 Å². The zero-order valence-corrected chi connectivity index (χ0v) is 23.3. The Morgan fingerprint density at radius 2 is 1.65 bits per heavy atom.